The molecule has 1 atom stereocenters. The summed E-state index contributed by atoms with van der Waals surface area (Å²) in [5.74, 6) is 2.51. The molecule has 1 saturated heterocycles. The fourth-order valence-corrected chi connectivity index (χ4v) is 3.33. The van der Waals surface area contributed by atoms with Crippen LogP contribution in [0.25, 0.3) is 0 Å². The van der Waals surface area contributed by atoms with Gasteiger partial charge < -0.3 is 19.7 Å². The number of fused-ring (bicyclic) bond motifs is 1. The van der Waals surface area contributed by atoms with E-state index in [-0.39, 0.29) is 11.6 Å². The van der Waals surface area contributed by atoms with E-state index in [9.17, 15) is 4.79 Å². The summed E-state index contributed by atoms with van der Waals surface area (Å²) in [5.41, 5.74) is 0.920. The fraction of sp³-hybridized carbons (Fsp3) is 0.421. The molecule has 2 aromatic rings. The van der Waals surface area contributed by atoms with Gasteiger partial charge >= 0.3 is 0 Å². The maximum absolute atomic E-state index is 12.4. The number of amides is 1. The third-order valence-corrected chi connectivity index (χ3v) is 4.66. The van der Waals surface area contributed by atoms with Crippen LogP contribution in [0.15, 0.2) is 30.3 Å². The predicted octanol–water partition coefficient (Wildman–Crippen LogP) is 2.74. The van der Waals surface area contributed by atoms with E-state index < -0.39 is 0 Å². The summed E-state index contributed by atoms with van der Waals surface area (Å²) in [6, 6.07) is 8.90. The number of piperidine rings is 1. The normalized spacial score (nSPS) is 19.1. The van der Waals surface area contributed by atoms with Crippen LogP contribution in [0.5, 0.6) is 11.5 Å². The lowest BCUT2D eigenvalue weighted by molar-refractivity contribution is 0.102. The molecule has 26 heavy (non-hydrogen) atoms. The molecule has 1 fully saturated rings. The molecular formula is C19H22N4O3. The summed E-state index contributed by atoms with van der Waals surface area (Å²) in [7, 11) is 0. The fourth-order valence-electron chi connectivity index (χ4n) is 3.33. The first kappa shape index (κ1) is 16.6. The Labute approximate surface area is 152 Å². The van der Waals surface area contributed by atoms with E-state index in [2.05, 4.69) is 27.3 Å². The van der Waals surface area contributed by atoms with E-state index in [0.717, 1.165) is 25.3 Å². The van der Waals surface area contributed by atoms with Gasteiger partial charge in [0.15, 0.2) is 23.0 Å². The molecule has 1 aromatic heterocycles. The van der Waals surface area contributed by atoms with Crippen molar-refractivity contribution >= 4 is 17.4 Å². The van der Waals surface area contributed by atoms with Gasteiger partial charge in [0.1, 0.15) is 13.2 Å². The van der Waals surface area contributed by atoms with Crippen molar-refractivity contribution in [3.8, 4) is 11.5 Å². The molecule has 136 valence electrons. The summed E-state index contributed by atoms with van der Waals surface area (Å²) in [5, 5.41) is 11.2. The van der Waals surface area contributed by atoms with Crippen molar-refractivity contribution in [1.29, 1.82) is 0 Å². The van der Waals surface area contributed by atoms with Crippen molar-refractivity contribution in [3.05, 3.63) is 36.0 Å². The summed E-state index contributed by atoms with van der Waals surface area (Å²) < 4.78 is 11.0. The molecule has 7 heteroatoms. The lowest BCUT2D eigenvalue weighted by Crippen LogP contribution is -2.35. The van der Waals surface area contributed by atoms with Crippen molar-refractivity contribution < 1.29 is 14.3 Å². The molecule has 2 aliphatic rings. The molecule has 3 heterocycles. The lowest BCUT2D eigenvalue weighted by Gasteiger charge is -2.31. The molecule has 1 amide bonds. The highest BCUT2D eigenvalue weighted by Crippen LogP contribution is 2.32. The number of anilines is 2. The van der Waals surface area contributed by atoms with Crippen molar-refractivity contribution in [2.24, 2.45) is 5.92 Å². The van der Waals surface area contributed by atoms with Crippen molar-refractivity contribution in [2.75, 3.05) is 36.5 Å². The first-order chi connectivity index (χ1) is 12.7. The molecule has 0 bridgehead atoms. The number of hydrogen-bond donors (Lipinski definition) is 1. The Bertz CT molecular complexity index is 794. The van der Waals surface area contributed by atoms with Gasteiger partial charge in [-0.15, -0.1) is 10.2 Å². The molecule has 0 spiro atoms. The highest BCUT2D eigenvalue weighted by atomic mass is 16.6. The van der Waals surface area contributed by atoms with Crippen LogP contribution in [0.2, 0.25) is 0 Å². The number of carbonyl (C=O) groups is 1. The van der Waals surface area contributed by atoms with Crippen molar-refractivity contribution in [2.45, 2.75) is 19.8 Å². The van der Waals surface area contributed by atoms with Crippen molar-refractivity contribution in [1.82, 2.24) is 10.2 Å². The zero-order valence-electron chi connectivity index (χ0n) is 14.8. The average Bonchev–Trinajstić information content (AvgIpc) is 2.68. The van der Waals surface area contributed by atoms with Crippen LogP contribution < -0.4 is 19.7 Å². The first-order valence-electron chi connectivity index (χ1n) is 8.99. The minimum atomic E-state index is -0.298. The van der Waals surface area contributed by atoms with Gasteiger partial charge in [-0.1, -0.05) is 6.92 Å². The standard InChI is InChI=1S/C19H22N4O3/c1-13-3-2-8-23(12-13)18-7-5-15(21-22-18)19(24)20-14-4-6-16-17(11-14)26-10-9-25-16/h4-7,11,13H,2-3,8-10,12H2,1H3,(H,20,24). The van der Waals surface area contributed by atoms with Crippen LogP contribution in [-0.4, -0.2) is 42.4 Å². The summed E-state index contributed by atoms with van der Waals surface area (Å²) in [6.07, 6.45) is 2.41. The number of carbonyl (C=O) groups excluding carboxylic acids is 1. The van der Waals surface area contributed by atoms with E-state index in [1.807, 2.05) is 6.07 Å². The SMILES string of the molecule is CC1CCCN(c2ccc(C(=O)Nc3ccc4c(c3)OCCO4)nn2)C1. The molecule has 0 saturated carbocycles. The monoisotopic (exact) mass is 354 g/mol. The summed E-state index contributed by atoms with van der Waals surface area (Å²) in [4.78, 5) is 14.6. The molecule has 0 radical (unpaired) electrons. The second-order valence-corrected chi connectivity index (χ2v) is 6.78. The number of benzene rings is 1. The Balaban J connectivity index is 1.43. The number of hydrogen-bond acceptors (Lipinski definition) is 6. The van der Waals surface area contributed by atoms with E-state index in [0.29, 0.717) is 36.3 Å². The number of nitrogens with one attached hydrogen (secondary N) is 1. The van der Waals surface area contributed by atoms with Gasteiger partial charge in [0.25, 0.3) is 5.91 Å². The Morgan fingerprint density at radius 1 is 1.15 bits per heavy atom. The van der Waals surface area contributed by atoms with Crippen LogP contribution in [0.1, 0.15) is 30.3 Å². The third-order valence-electron chi connectivity index (χ3n) is 4.66. The average molecular weight is 354 g/mol. The van der Waals surface area contributed by atoms with Gasteiger partial charge in [0, 0.05) is 24.8 Å². The van der Waals surface area contributed by atoms with Gasteiger partial charge in [0.05, 0.1) is 0 Å². The van der Waals surface area contributed by atoms with Crippen LogP contribution in [0.3, 0.4) is 0 Å². The zero-order chi connectivity index (χ0) is 17.9. The summed E-state index contributed by atoms with van der Waals surface area (Å²) in [6.45, 7) is 5.26. The third kappa shape index (κ3) is 3.56. The van der Waals surface area contributed by atoms with E-state index in [1.165, 1.54) is 6.42 Å². The van der Waals surface area contributed by atoms with Crippen LogP contribution >= 0.6 is 0 Å². The summed E-state index contributed by atoms with van der Waals surface area (Å²) >= 11 is 0. The number of nitrogens with zero attached hydrogens (tertiary/aromatic N) is 3. The van der Waals surface area contributed by atoms with Gasteiger partial charge in [-0.05, 0) is 43.0 Å². The van der Waals surface area contributed by atoms with Gasteiger partial charge in [-0.25, -0.2) is 0 Å². The van der Waals surface area contributed by atoms with Crippen LogP contribution in [-0.2, 0) is 0 Å². The molecule has 4 rings (SSSR count). The lowest BCUT2D eigenvalue weighted by atomic mass is 10.0. The molecule has 1 aromatic carbocycles. The van der Waals surface area contributed by atoms with E-state index in [1.54, 1.807) is 24.3 Å². The molecule has 2 aliphatic heterocycles. The molecule has 7 nitrogen and oxygen atoms in total. The maximum atomic E-state index is 12.4. The Hall–Kier alpha value is -2.83. The minimum Gasteiger partial charge on any atom is -0.486 e. The van der Waals surface area contributed by atoms with Gasteiger partial charge in [-0.3, -0.25) is 4.79 Å². The molecule has 0 aliphatic carbocycles. The Morgan fingerprint density at radius 3 is 2.77 bits per heavy atom. The molecular weight excluding hydrogens is 332 g/mol. The van der Waals surface area contributed by atoms with E-state index in [4.69, 9.17) is 9.47 Å². The Morgan fingerprint density at radius 2 is 2.00 bits per heavy atom. The quantitative estimate of drug-likeness (QED) is 0.913. The predicted molar refractivity (Wildman–Crippen MR) is 98.0 cm³/mol. The highest BCUT2D eigenvalue weighted by Gasteiger charge is 2.19. The van der Waals surface area contributed by atoms with Crippen molar-refractivity contribution in [3.63, 3.8) is 0 Å². The smallest absolute Gasteiger partial charge is 0.276 e. The van der Waals surface area contributed by atoms with Crippen LogP contribution in [0.4, 0.5) is 11.5 Å². The van der Waals surface area contributed by atoms with E-state index >= 15 is 0 Å². The highest BCUT2D eigenvalue weighted by molar-refractivity contribution is 6.03. The van der Waals surface area contributed by atoms with Crippen LogP contribution in [0, 0.1) is 5.92 Å². The number of rotatable bonds is 3. The topological polar surface area (TPSA) is 76.6 Å². The molecule has 1 unspecified atom stereocenters. The second-order valence-electron chi connectivity index (χ2n) is 6.78. The van der Waals surface area contributed by atoms with Gasteiger partial charge in [0.2, 0.25) is 0 Å². The van der Waals surface area contributed by atoms with Gasteiger partial charge in [-0.2, -0.15) is 0 Å². The minimum absolute atomic E-state index is 0.286. The number of aromatic nitrogens is 2. The molecule has 1 N–H and O–H groups in total. The second kappa shape index (κ2) is 7.19. The zero-order valence-corrected chi connectivity index (χ0v) is 14.8. The largest absolute Gasteiger partial charge is 0.486 e. The number of ether oxygens (including phenoxy) is 2. The Kier molecular flexibility index (Phi) is 4.60. The maximum Gasteiger partial charge on any atom is 0.276 e. The first-order valence-corrected chi connectivity index (χ1v) is 8.99.